The van der Waals surface area contributed by atoms with Crippen LogP contribution in [0.5, 0.6) is 0 Å². The Bertz CT molecular complexity index is 267. The summed E-state index contributed by atoms with van der Waals surface area (Å²) in [6.07, 6.45) is -0.0368. The monoisotopic (exact) mass is 231 g/mol. The van der Waals surface area contributed by atoms with Crippen LogP contribution in [-0.2, 0) is 9.59 Å². The number of carboxylic acid groups (broad SMARTS) is 1. The second kappa shape index (κ2) is 7.63. The van der Waals surface area contributed by atoms with Crippen molar-refractivity contribution in [2.45, 2.75) is 13.3 Å². The fourth-order valence-corrected chi connectivity index (χ4v) is 0.982. The first-order valence-corrected chi connectivity index (χ1v) is 4.93. The minimum atomic E-state index is -0.920. The minimum Gasteiger partial charge on any atom is -0.481 e. The van der Waals surface area contributed by atoms with Crippen LogP contribution in [0.4, 0.5) is 4.79 Å². The number of imide groups is 1. The maximum absolute atomic E-state index is 11.2. The van der Waals surface area contributed by atoms with Gasteiger partial charge < -0.3 is 10.4 Å². The molecule has 0 bridgehead atoms. The van der Waals surface area contributed by atoms with Crippen molar-refractivity contribution in [3.63, 3.8) is 0 Å². The van der Waals surface area contributed by atoms with E-state index in [1.54, 1.807) is 14.0 Å². The molecule has 0 radical (unpaired) electrons. The summed E-state index contributed by atoms with van der Waals surface area (Å²) in [5.41, 5.74) is 0. The van der Waals surface area contributed by atoms with E-state index in [-0.39, 0.29) is 19.5 Å². The Hall–Kier alpha value is -1.63. The predicted octanol–water partition coefficient (Wildman–Crippen LogP) is -0.761. The van der Waals surface area contributed by atoms with Crippen molar-refractivity contribution in [2.24, 2.45) is 0 Å². The lowest BCUT2D eigenvalue weighted by molar-refractivity contribution is -0.137. The number of nitrogens with one attached hydrogen (secondary N) is 2. The molecule has 7 nitrogen and oxygen atoms in total. The fourth-order valence-electron chi connectivity index (χ4n) is 0.982. The number of carbonyl (C=O) groups is 3. The topological polar surface area (TPSA) is 98.7 Å². The number of hydrogen-bond donors (Lipinski definition) is 3. The van der Waals surface area contributed by atoms with E-state index < -0.39 is 17.9 Å². The number of carbonyl (C=O) groups excluding carboxylic acids is 2. The molecule has 0 heterocycles. The quantitative estimate of drug-likeness (QED) is 0.558. The average Bonchev–Trinajstić information content (AvgIpc) is 2.14. The molecule has 0 rings (SSSR count). The van der Waals surface area contributed by atoms with Crippen LogP contribution in [0, 0.1) is 0 Å². The van der Waals surface area contributed by atoms with Crippen molar-refractivity contribution in [1.29, 1.82) is 0 Å². The molecule has 0 aliphatic carbocycles. The molecule has 0 aromatic rings. The lowest BCUT2D eigenvalue weighted by Gasteiger charge is -2.14. The van der Waals surface area contributed by atoms with E-state index in [2.05, 4.69) is 10.6 Å². The molecule has 0 aromatic carbocycles. The van der Waals surface area contributed by atoms with Gasteiger partial charge in [-0.25, -0.2) is 4.79 Å². The van der Waals surface area contributed by atoms with Crippen molar-refractivity contribution < 1.29 is 19.5 Å². The van der Waals surface area contributed by atoms with Gasteiger partial charge in [-0.05, 0) is 14.0 Å². The number of rotatable bonds is 6. The number of urea groups is 1. The van der Waals surface area contributed by atoms with Gasteiger partial charge in [0.1, 0.15) is 0 Å². The lowest BCUT2D eigenvalue weighted by Crippen LogP contribution is -2.43. The van der Waals surface area contributed by atoms with E-state index in [1.165, 1.54) is 4.90 Å². The van der Waals surface area contributed by atoms with Gasteiger partial charge in [-0.3, -0.25) is 19.8 Å². The van der Waals surface area contributed by atoms with Crippen molar-refractivity contribution in [1.82, 2.24) is 15.5 Å². The predicted molar refractivity (Wildman–Crippen MR) is 57.0 cm³/mol. The van der Waals surface area contributed by atoms with Gasteiger partial charge >= 0.3 is 12.0 Å². The molecule has 7 heteroatoms. The highest BCUT2D eigenvalue weighted by Crippen LogP contribution is 1.87. The van der Waals surface area contributed by atoms with Crippen molar-refractivity contribution >= 4 is 17.9 Å². The van der Waals surface area contributed by atoms with Gasteiger partial charge in [0.05, 0.1) is 13.0 Å². The van der Waals surface area contributed by atoms with Crippen LogP contribution < -0.4 is 10.6 Å². The second-order valence-electron chi connectivity index (χ2n) is 3.29. The Kier molecular flexibility index (Phi) is 6.86. The van der Waals surface area contributed by atoms with Crippen molar-refractivity contribution in [2.75, 3.05) is 26.7 Å². The number of carboxylic acids is 1. The van der Waals surface area contributed by atoms with E-state index in [0.29, 0.717) is 6.54 Å². The Labute approximate surface area is 93.8 Å². The molecule has 0 atom stereocenters. The Morgan fingerprint density at radius 1 is 1.31 bits per heavy atom. The summed E-state index contributed by atoms with van der Waals surface area (Å²) in [5, 5.41) is 13.0. The molecule has 16 heavy (non-hydrogen) atoms. The van der Waals surface area contributed by atoms with Crippen LogP contribution >= 0.6 is 0 Å². The van der Waals surface area contributed by atoms with E-state index in [0.717, 1.165) is 0 Å². The zero-order valence-electron chi connectivity index (χ0n) is 9.45. The highest BCUT2D eigenvalue weighted by atomic mass is 16.4. The van der Waals surface area contributed by atoms with Gasteiger partial charge in [-0.1, -0.05) is 0 Å². The van der Waals surface area contributed by atoms with Crippen LogP contribution in [0.2, 0.25) is 0 Å². The van der Waals surface area contributed by atoms with Gasteiger partial charge in [0.15, 0.2) is 0 Å². The third-order valence-electron chi connectivity index (χ3n) is 1.71. The third kappa shape index (κ3) is 7.74. The highest BCUT2D eigenvalue weighted by molar-refractivity contribution is 5.95. The smallest absolute Gasteiger partial charge is 0.321 e. The molecule has 0 aromatic heterocycles. The largest absolute Gasteiger partial charge is 0.481 e. The molecule has 0 aliphatic rings. The lowest BCUT2D eigenvalue weighted by atomic mass is 10.4. The summed E-state index contributed by atoms with van der Waals surface area (Å²) in [6, 6.07) is -0.542. The molecular weight excluding hydrogens is 214 g/mol. The van der Waals surface area contributed by atoms with E-state index in [1.807, 2.05) is 0 Å². The van der Waals surface area contributed by atoms with Gasteiger partial charge in [0, 0.05) is 13.1 Å². The molecule has 3 N–H and O–H groups in total. The SMILES string of the molecule is CCNC(=O)NC(=O)CN(C)CCC(=O)O. The summed E-state index contributed by atoms with van der Waals surface area (Å²) in [4.78, 5) is 34.0. The van der Waals surface area contributed by atoms with E-state index in [4.69, 9.17) is 5.11 Å². The Morgan fingerprint density at radius 3 is 2.44 bits per heavy atom. The van der Waals surface area contributed by atoms with Crippen molar-refractivity contribution in [3.05, 3.63) is 0 Å². The maximum atomic E-state index is 11.2. The zero-order chi connectivity index (χ0) is 12.6. The summed E-state index contributed by atoms with van der Waals surface area (Å²) in [6.45, 7) is 2.43. The van der Waals surface area contributed by atoms with Crippen LogP contribution in [0.3, 0.4) is 0 Å². The highest BCUT2D eigenvalue weighted by Gasteiger charge is 2.10. The average molecular weight is 231 g/mol. The van der Waals surface area contributed by atoms with Crippen molar-refractivity contribution in [3.8, 4) is 0 Å². The zero-order valence-corrected chi connectivity index (χ0v) is 9.45. The third-order valence-corrected chi connectivity index (χ3v) is 1.71. The molecule has 0 aliphatic heterocycles. The molecule has 0 unspecified atom stereocenters. The second-order valence-corrected chi connectivity index (χ2v) is 3.29. The number of amides is 3. The molecule has 3 amide bonds. The Balaban J connectivity index is 3.77. The minimum absolute atomic E-state index is 0.00951. The molecule has 0 fully saturated rings. The van der Waals surface area contributed by atoms with Gasteiger partial charge in [-0.2, -0.15) is 0 Å². The van der Waals surface area contributed by atoms with Gasteiger partial charge in [0.2, 0.25) is 5.91 Å². The van der Waals surface area contributed by atoms with Crippen LogP contribution in [0.25, 0.3) is 0 Å². The standard InChI is InChI=1S/C9H17N3O4/c1-3-10-9(16)11-7(13)6-12(2)5-4-8(14)15/h3-6H2,1-2H3,(H,14,15)(H2,10,11,13,16). The summed E-state index contributed by atoms with van der Waals surface area (Å²) in [5.74, 6) is -1.38. The summed E-state index contributed by atoms with van der Waals surface area (Å²) < 4.78 is 0. The molecule has 0 saturated heterocycles. The number of aliphatic carboxylic acids is 1. The van der Waals surface area contributed by atoms with Crippen LogP contribution in [0.1, 0.15) is 13.3 Å². The van der Waals surface area contributed by atoms with Crippen LogP contribution in [0.15, 0.2) is 0 Å². The molecular formula is C9H17N3O4. The molecule has 0 saturated carbocycles. The van der Waals surface area contributed by atoms with E-state index in [9.17, 15) is 14.4 Å². The molecule has 92 valence electrons. The van der Waals surface area contributed by atoms with Gasteiger partial charge in [0.25, 0.3) is 0 Å². The first-order valence-electron chi connectivity index (χ1n) is 4.93. The first kappa shape index (κ1) is 14.4. The Morgan fingerprint density at radius 2 is 1.94 bits per heavy atom. The first-order chi connectivity index (χ1) is 7.45. The summed E-state index contributed by atoms with van der Waals surface area (Å²) >= 11 is 0. The molecule has 0 spiro atoms. The van der Waals surface area contributed by atoms with Gasteiger partial charge in [-0.15, -0.1) is 0 Å². The van der Waals surface area contributed by atoms with Crippen LogP contribution in [-0.4, -0.2) is 54.6 Å². The fraction of sp³-hybridized carbons (Fsp3) is 0.667. The number of nitrogens with zero attached hydrogens (tertiary/aromatic N) is 1. The maximum Gasteiger partial charge on any atom is 0.321 e. The number of likely N-dealkylation sites (N-methyl/N-ethyl adjacent to an activating group) is 1. The number of hydrogen-bond acceptors (Lipinski definition) is 4. The normalized spacial score (nSPS) is 9.94. The van der Waals surface area contributed by atoms with E-state index >= 15 is 0 Å². The summed E-state index contributed by atoms with van der Waals surface area (Å²) in [7, 11) is 1.61.